The molecule has 3 heterocycles. The number of hydrogen-bond donors (Lipinski definition) is 1. The van der Waals surface area contributed by atoms with Crippen LogP contribution < -0.4 is 4.90 Å². The zero-order valence-electron chi connectivity index (χ0n) is 26.3. The Morgan fingerprint density at radius 2 is 1.60 bits per heavy atom. The summed E-state index contributed by atoms with van der Waals surface area (Å²) in [7, 11) is 0. The van der Waals surface area contributed by atoms with Gasteiger partial charge in [0.1, 0.15) is 11.6 Å². The van der Waals surface area contributed by atoms with E-state index in [4.69, 9.17) is 16.3 Å². The summed E-state index contributed by atoms with van der Waals surface area (Å²) >= 11 is 6.18. The van der Waals surface area contributed by atoms with Crippen LogP contribution >= 0.6 is 11.6 Å². The average molecular weight is 654 g/mol. The first-order valence-corrected chi connectivity index (χ1v) is 16.5. The number of carbonyl (C=O) groups is 3. The number of carbonyl (C=O) groups excluding carboxylic acids is 3. The number of fused-ring (bicyclic) bond motifs is 1. The molecule has 244 valence electrons. The number of halogens is 1. The van der Waals surface area contributed by atoms with Crippen LogP contribution in [0.1, 0.15) is 24.0 Å². The summed E-state index contributed by atoms with van der Waals surface area (Å²) in [6.45, 7) is 8.22. The van der Waals surface area contributed by atoms with Gasteiger partial charge < -0.3 is 24.5 Å². The van der Waals surface area contributed by atoms with E-state index in [1.807, 2.05) is 60.7 Å². The highest BCUT2D eigenvalue weighted by Crippen LogP contribution is 2.59. The zero-order valence-corrected chi connectivity index (χ0v) is 27.0. The van der Waals surface area contributed by atoms with Gasteiger partial charge in [0, 0.05) is 30.3 Å². The third-order valence-electron chi connectivity index (χ3n) is 9.77. The molecule has 0 aliphatic carbocycles. The molecule has 9 heteroatoms. The van der Waals surface area contributed by atoms with Crippen molar-refractivity contribution in [1.29, 1.82) is 0 Å². The summed E-state index contributed by atoms with van der Waals surface area (Å²) in [6, 6.07) is 24.4. The van der Waals surface area contributed by atoms with Gasteiger partial charge in [0.15, 0.2) is 0 Å². The summed E-state index contributed by atoms with van der Waals surface area (Å²) in [5, 5.41) is 11.3. The van der Waals surface area contributed by atoms with Crippen molar-refractivity contribution in [1.82, 2.24) is 9.80 Å². The average Bonchev–Trinajstić information content (AvgIpc) is 3.74. The molecule has 3 aromatic rings. The first-order chi connectivity index (χ1) is 22.8. The molecule has 3 amide bonds. The van der Waals surface area contributed by atoms with Crippen molar-refractivity contribution in [3.8, 4) is 0 Å². The first-order valence-electron chi connectivity index (χ1n) is 16.1. The lowest BCUT2D eigenvalue weighted by Crippen LogP contribution is -2.59. The molecule has 3 fully saturated rings. The van der Waals surface area contributed by atoms with Gasteiger partial charge in [0.25, 0.3) is 5.91 Å². The van der Waals surface area contributed by atoms with Crippen LogP contribution in [0.3, 0.4) is 0 Å². The maximum absolute atomic E-state index is 14.9. The molecule has 6 atom stereocenters. The Morgan fingerprint density at radius 3 is 2.21 bits per heavy atom. The van der Waals surface area contributed by atoms with Crippen LogP contribution in [0.2, 0.25) is 5.02 Å². The Morgan fingerprint density at radius 1 is 0.957 bits per heavy atom. The molecule has 1 N–H and O–H groups in total. The van der Waals surface area contributed by atoms with Gasteiger partial charge >= 0.3 is 0 Å². The Hall–Kier alpha value is -4.24. The van der Waals surface area contributed by atoms with E-state index in [1.165, 1.54) is 4.90 Å². The van der Waals surface area contributed by atoms with E-state index in [1.54, 1.807) is 46.2 Å². The topological polar surface area (TPSA) is 90.4 Å². The van der Waals surface area contributed by atoms with E-state index in [0.717, 1.165) is 11.1 Å². The highest BCUT2D eigenvalue weighted by molar-refractivity contribution is 6.30. The minimum Gasteiger partial charge on any atom is -0.394 e. The number of nitrogens with zero attached hydrogens (tertiary/aromatic N) is 3. The maximum Gasteiger partial charge on any atom is 0.253 e. The van der Waals surface area contributed by atoms with Gasteiger partial charge in [-0.1, -0.05) is 84.4 Å². The summed E-state index contributed by atoms with van der Waals surface area (Å²) < 4.78 is 6.75. The Kier molecular flexibility index (Phi) is 9.64. The van der Waals surface area contributed by atoms with Crippen LogP contribution in [-0.2, 0) is 32.1 Å². The largest absolute Gasteiger partial charge is 0.394 e. The third kappa shape index (κ3) is 6.02. The second kappa shape index (κ2) is 13.9. The van der Waals surface area contributed by atoms with Crippen LogP contribution in [0.5, 0.6) is 0 Å². The summed E-state index contributed by atoms with van der Waals surface area (Å²) in [5.74, 6) is -2.55. The second-order valence-electron chi connectivity index (χ2n) is 12.5. The van der Waals surface area contributed by atoms with Crippen molar-refractivity contribution in [2.45, 2.75) is 49.6 Å². The molecule has 2 bridgehead atoms. The Balaban J connectivity index is 1.42. The number of ether oxygens (including phenoxy) is 1. The lowest BCUT2D eigenvalue weighted by atomic mass is 9.70. The Bertz CT molecular complexity index is 1620. The number of hydrogen-bond acceptors (Lipinski definition) is 5. The number of likely N-dealkylation sites (tertiary alicyclic amines) is 1. The summed E-state index contributed by atoms with van der Waals surface area (Å²) in [5.41, 5.74) is 1.23. The fourth-order valence-electron chi connectivity index (χ4n) is 7.81. The number of benzene rings is 3. The van der Waals surface area contributed by atoms with E-state index >= 15 is 0 Å². The quantitative estimate of drug-likeness (QED) is 0.261. The number of aliphatic hydroxyl groups excluding tert-OH is 1. The highest BCUT2D eigenvalue weighted by Gasteiger charge is 2.75. The zero-order chi connectivity index (χ0) is 33.1. The maximum atomic E-state index is 14.9. The molecule has 2 unspecified atom stereocenters. The minimum atomic E-state index is -1.23. The smallest absolute Gasteiger partial charge is 0.253 e. The predicted molar refractivity (Wildman–Crippen MR) is 182 cm³/mol. The predicted octanol–water partition coefficient (Wildman–Crippen LogP) is 5.05. The normalized spacial score (nSPS) is 24.9. The van der Waals surface area contributed by atoms with Crippen LogP contribution in [0, 0.1) is 11.8 Å². The van der Waals surface area contributed by atoms with E-state index in [-0.39, 0.29) is 30.9 Å². The monoisotopic (exact) mass is 653 g/mol. The Labute approximate surface area is 280 Å². The van der Waals surface area contributed by atoms with Crippen LogP contribution in [-0.4, -0.2) is 76.1 Å². The molecule has 0 radical (unpaired) electrons. The van der Waals surface area contributed by atoms with Crippen LogP contribution in [0.15, 0.2) is 110 Å². The second-order valence-corrected chi connectivity index (χ2v) is 13.0. The molecule has 3 aliphatic rings. The number of amides is 3. The number of anilines is 1. The standard InChI is InChI=1S/C38H40ClN3O5/c1-3-21-40(24-27-13-9-6-10-14-27)35(44)32-31-19-20-38(47-31)33(32)36(45)42(30(25-43)23-26-11-7-5-8-12-26)34(38)37(46)41(22-4-2)29-17-15-28(39)16-18-29/h3-18,30-34,43H,1-2,19-25H2/t30-,31+,32-,33+,34?,38?/m1/s1. The first kappa shape index (κ1) is 32.7. The van der Waals surface area contributed by atoms with Gasteiger partial charge in [0.2, 0.25) is 11.8 Å². The van der Waals surface area contributed by atoms with E-state index in [9.17, 15) is 19.5 Å². The molecule has 8 nitrogen and oxygen atoms in total. The van der Waals surface area contributed by atoms with Crippen molar-refractivity contribution >= 4 is 35.0 Å². The molecule has 0 saturated carbocycles. The lowest BCUT2D eigenvalue weighted by Gasteiger charge is -2.39. The van der Waals surface area contributed by atoms with Gasteiger partial charge in [-0.05, 0) is 54.7 Å². The van der Waals surface area contributed by atoms with Gasteiger partial charge in [0.05, 0.1) is 30.6 Å². The van der Waals surface area contributed by atoms with Crippen molar-refractivity contribution in [3.05, 3.63) is 126 Å². The van der Waals surface area contributed by atoms with Crippen LogP contribution in [0.4, 0.5) is 5.69 Å². The lowest BCUT2D eigenvalue weighted by molar-refractivity contribution is -0.147. The van der Waals surface area contributed by atoms with Crippen molar-refractivity contribution in [2.75, 3.05) is 24.6 Å². The van der Waals surface area contributed by atoms with Crippen molar-refractivity contribution < 1.29 is 24.2 Å². The molecule has 1 spiro atoms. The van der Waals surface area contributed by atoms with Gasteiger partial charge in [-0.15, -0.1) is 13.2 Å². The fourth-order valence-corrected chi connectivity index (χ4v) is 7.93. The van der Waals surface area contributed by atoms with E-state index in [0.29, 0.717) is 43.1 Å². The highest BCUT2D eigenvalue weighted by atomic mass is 35.5. The molecule has 0 aromatic heterocycles. The minimum absolute atomic E-state index is 0.179. The van der Waals surface area contributed by atoms with E-state index in [2.05, 4.69) is 13.2 Å². The van der Waals surface area contributed by atoms with E-state index < -0.39 is 35.6 Å². The van der Waals surface area contributed by atoms with Crippen molar-refractivity contribution in [2.24, 2.45) is 11.8 Å². The van der Waals surface area contributed by atoms with Crippen LogP contribution in [0.25, 0.3) is 0 Å². The molecule has 3 aliphatic heterocycles. The van der Waals surface area contributed by atoms with Gasteiger partial charge in [-0.2, -0.15) is 0 Å². The van der Waals surface area contributed by atoms with Crippen molar-refractivity contribution in [3.63, 3.8) is 0 Å². The SMILES string of the molecule is C=CCN(Cc1ccccc1)C(=O)[C@@H]1[C@@H]2CCC3(O2)C(C(=O)N(CC=C)c2ccc(Cl)cc2)N([C@@H](CO)Cc2ccccc2)C(=O)[C@H]13. The number of rotatable bonds is 13. The molecular weight excluding hydrogens is 614 g/mol. The van der Waals surface area contributed by atoms with Gasteiger partial charge in [-0.25, -0.2) is 0 Å². The molecule has 6 rings (SSSR count). The summed E-state index contributed by atoms with van der Waals surface area (Å²) in [6.07, 6.45) is 4.11. The third-order valence-corrected chi connectivity index (χ3v) is 10.0. The molecule has 3 saturated heterocycles. The molecular formula is C38H40ClN3O5. The number of aliphatic hydroxyl groups is 1. The van der Waals surface area contributed by atoms with Gasteiger partial charge in [-0.3, -0.25) is 14.4 Å². The molecule has 3 aromatic carbocycles. The fraction of sp³-hybridized carbons (Fsp3) is 0.342. The molecule has 47 heavy (non-hydrogen) atoms. The summed E-state index contributed by atoms with van der Waals surface area (Å²) in [4.78, 5) is 49.0.